The molecule has 0 bridgehead atoms. The smallest absolute Gasteiger partial charge is 0.298 e. The Bertz CT molecular complexity index is 1370. The van der Waals surface area contributed by atoms with E-state index in [4.69, 9.17) is 0 Å². The quantitative estimate of drug-likeness (QED) is 0.346. The number of fused-ring (bicyclic) bond motifs is 1. The molecule has 0 unspecified atom stereocenters. The van der Waals surface area contributed by atoms with E-state index in [2.05, 4.69) is 36.4 Å². The number of imidazole rings is 1. The van der Waals surface area contributed by atoms with Crippen molar-refractivity contribution in [3.8, 4) is 0 Å². The monoisotopic (exact) mass is 470 g/mol. The topological polar surface area (TPSA) is 97.1 Å². The number of hydrogen-bond acceptors (Lipinski definition) is 5. The molecule has 0 aliphatic carbocycles. The summed E-state index contributed by atoms with van der Waals surface area (Å²) >= 11 is 3.37. The number of anilines is 1. The van der Waals surface area contributed by atoms with Gasteiger partial charge in [-0.15, -0.1) is 0 Å². The minimum atomic E-state index is -0.609. The molecule has 0 amide bonds. The lowest BCUT2D eigenvalue weighted by Crippen LogP contribution is -2.29. The van der Waals surface area contributed by atoms with Crippen molar-refractivity contribution in [2.45, 2.75) is 6.54 Å². The largest absolute Gasteiger partial charge is 0.329 e. The van der Waals surface area contributed by atoms with Gasteiger partial charge in [0.2, 0.25) is 5.95 Å². The van der Waals surface area contributed by atoms with Gasteiger partial charge >= 0.3 is 5.69 Å². The summed E-state index contributed by atoms with van der Waals surface area (Å²) < 4.78 is 17.9. The van der Waals surface area contributed by atoms with Crippen LogP contribution >= 0.6 is 15.9 Å². The van der Waals surface area contributed by atoms with Crippen molar-refractivity contribution >= 4 is 39.3 Å². The minimum absolute atomic E-state index is 0.0284. The van der Waals surface area contributed by atoms with Gasteiger partial charge in [-0.05, 0) is 23.8 Å². The highest BCUT2D eigenvalue weighted by molar-refractivity contribution is 9.10. The molecule has 152 valence electrons. The highest BCUT2D eigenvalue weighted by Crippen LogP contribution is 2.19. The minimum Gasteiger partial charge on any atom is -0.298 e. The number of aromatic nitrogens is 4. The van der Waals surface area contributed by atoms with Crippen molar-refractivity contribution in [1.29, 1.82) is 0 Å². The van der Waals surface area contributed by atoms with E-state index in [9.17, 15) is 14.0 Å². The SMILES string of the molecule is Cn1c(=O)[nH]c(=O)c2c1nc(N/N=C/c1ccc(Br)cc1)n2Cc1ccccc1F. The summed E-state index contributed by atoms with van der Waals surface area (Å²) in [6, 6.07) is 13.7. The van der Waals surface area contributed by atoms with Crippen LogP contribution in [-0.4, -0.2) is 25.3 Å². The van der Waals surface area contributed by atoms with Gasteiger partial charge in [0.1, 0.15) is 5.82 Å². The fourth-order valence-electron chi connectivity index (χ4n) is 2.98. The first-order valence-electron chi connectivity index (χ1n) is 8.91. The van der Waals surface area contributed by atoms with Crippen molar-refractivity contribution in [3.05, 3.63) is 90.8 Å². The maximum Gasteiger partial charge on any atom is 0.329 e. The molecule has 0 atom stereocenters. The summed E-state index contributed by atoms with van der Waals surface area (Å²) in [6.45, 7) is 0.0284. The Morgan fingerprint density at radius 1 is 1.20 bits per heavy atom. The molecular weight excluding hydrogens is 455 g/mol. The van der Waals surface area contributed by atoms with Gasteiger partial charge in [0.05, 0.1) is 12.8 Å². The van der Waals surface area contributed by atoms with Crippen LogP contribution in [0.25, 0.3) is 11.2 Å². The number of hydrazone groups is 1. The standard InChI is InChI=1S/C20H16BrFN6O2/c1-27-17-16(18(29)25-20(27)30)28(11-13-4-2-3-5-15(13)22)19(24-17)26-23-10-12-6-8-14(21)9-7-12/h2-10H,11H2,1H3,(H,24,26)(H,25,29,30)/b23-10+. The lowest BCUT2D eigenvalue weighted by atomic mass is 10.2. The number of rotatable bonds is 5. The summed E-state index contributed by atoms with van der Waals surface area (Å²) in [5, 5.41) is 4.18. The van der Waals surface area contributed by atoms with Crippen LogP contribution in [-0.2, 0) is 13.6 Å². The van der Waals surface area contributed by atoms with Crippen LogP contribution in [0.15, 0.2) is 67.7 Å². The van der Waals surface area contributed by atoms with Crippen molar-refractivity contribution < 1.29 is 4.39 Å². The molecule has 8 nitrogen and oxygen atoms in total. The van der Waals surface area contributed by atoms with E-state index in [0.717, 1.165) is 10.0 Å². The molecule has 0 spiro atoms. The van der Waals surface area contributed by atoms with Crippen molar-refractivity contribution in [3.63, 3.8) is 0 Å². The molecule has 0 saturated carbocycles. The van der Waals surface area contributed by atoms with E-state index in [1.165, 1.54) is 22.2 Å². The van der Waals surface area contributed by atoms with Crippen LogP contribution in [0.2, 0.25) is 0 Å². The second-order valence-electron chi connectivity index (χ2n) is 6.53. The first kappa shape index (κ1) is 19.8. The van der Waals surface area contributed by atoms with Crippen LogP contribution in [0, 0.1) is 5.82 Å². The number of halogens is 2. The van der Waals surface area contributed by atoms with Crippen LogP contribution in [0.5, 0.6) is 0 Å². The van der Waals surface area contributed by atoms with Gasteiger partial charge in [-0.2, -0.15) is 10.1 Å². The number of benzene rings is 2. The number of hydrogen-bond donors (Lipinski definition) is 2. The van der Waals surface area contributed by atoms with Gasteiger partial charge in [0, 0.05) is 17.1 Å². The summed E-state index contributed by atoms with van der Waals surface area (Å²) in [5.74, 6) is -0.210. The first-order chi connectivity index (χ1) is 14.4. The summed E-state index contributed by atoms with van der Waals surface area (Å²) in [7, 11) is 1.50. The average Bonchev–Trinajstić information content (AvgIpc) is 3.08. The fraction of sp³-hybridized carbons (Fsp3) is 0.100. The Hall–Kier alpha value is -3.53. The lowest BCUT2D eigenvalue weighted by Gasteiger charge is -2.09. The van der Waals surface area contributed by atoms with E-state index in [0.29, 0.717) is 5.56 Å². The molecule has 10 heteroatoms. The molecule has 2 aromatic heterocycles. The predicted molar refractivity (Wildman–Crippen MR) is 116 cm³/mol. The molecule has 2 N–H and O–H groups in total. The number of aromatic amines is 1. The summed E-state index contributed by atoms with van der Waals surface area (Å²) in [5.41, 5.74) is 3.11. The maximum atomic E-state index is 14.2. The summed E-state index contributed by atoms with van der Waals surface area (Å²) in [6.07, 6.45) is 1.59. The van der Waals surface area contributed by atoms with Crippen LogP contribution in [0.1, 0.15) is 11.1 Å². The second kappa shape index (κ2) is 8.07. The predicted octanol–water partition coefficient (Wildman–Crippen LogP) is 2.82. The zero-order valence-electron chi connectivity index (χ0n) is 15.8. The molecule has 0 saturated heterocycles. The van der Waals surface area contributed by atoms with Crippen LogP contribution in [0.4, 0.5) is 10.3 Å². The zero-order valence-corrected chi connectivity index (χ0v) is 17.4. The third-order valence-corrected chi connectivity index (χ3v) is 5.07. The fourth-order valence-corrected chi connectivity index (χ4v) is 3.25. The normalized spacial score (nSPS) is 11.4. The Kier molecular flexibility index (Phi) is 5.32. The Morgan fingerprint density at radius 3 is 2.67 bits per heavy atom. The molecular formula is C20H16BrFN6O2. The Labute approximate surface area is 177 Å². The summed E-state index contributed by atoms with van der Waals surface area (Å²) in [4.78, 5) is 31.1. The highest BCUT2D eigenvalue weighted by atomic mass is 79.9. The zero-order chi connectivity index (χ0) is 21.3. The molecule has 30 heavy (non-hydrogen) atoms. The Balaban J connectivity index is 1.79. The molecule has 0 aliphatic rings. The third-order valence-electron chi connectivity index (χ3n) is 4.54. The molecule has 4 rings (SSSR count). The molecule has 0 radical (unpaired) electrons. The van der Waals surface area contributed by atoms with E-state index in [1.807, 2.05) is 24.3 Å². The third kappa shape index (κ3) is 3.81. The van der Waals surface area contributed by atoms with Crippen molar-refractivity contribution in [2.75, 3.05) is 5.43 Å². The van der Waals surface area contributed by atoms with E-state index >= 15 is 0 Å². The molecule has 0 aliphatic heterocycles. The molecule has 2 aromatic carbocycles. The number of aryl methyl sites for hydroxylation is 1. The maximum absolute atomic E-state index is 14.2. The molecule has 0 fully saturated rings. The molecule has 4 aromatic rings. The number of nitrogens with one attached hydrogen (secondary N) is 2. The number of nitrogens with zero attached hydrogens (tertiary/aromatic N) is 4. The van der Waals surface area contributed by atoms with E-state index in [1.54, 1.807) is 24.4 Å². The number of H-pyrrole nitrogens is 1. The van der Waals surface area contributed by atoms with Crippen LogP contribution < -0.4 is 16.7 Å². The first-order valence-corrected chi connectivity index (χ1v) is 9.71. The average molecular weight is 471 g/mol. The second-order valence-corrected chi connectivity index (χ2v) is 7.44. The van der Waals surface area contributed by atoms with Gasteiger partial charge in [0.15, 0.2) is 11.2 Å². The molecule has 2 heterocycles. The van der Waals surface area contributed by atoms with Gasteiger partial charge < -0.3 is 0 Å². The van der Waals surface area contributed by atoms with Gasteiger partial charge in [0.25, 0.3) is 5.56 Å². The van der Waals surface area contributed by atoms with E-state index in [-0.39, 0.29) is 23.7 Å². The van der Waals surface area contributed by atoms with Gasteiger partial charge in [-0.25, -0.2) is 14.6 Å². The van der Waals surface area contributed by atoms with E-state index < -0.39 is 17.1 Å². The van der Waals surface area contributed by atoms with Gasteiger partial charge in [-0.1, -0.05) is 46.3 Å². The van der Waals surface area contributed by atoms with Gasteiger partial charge in [-0.3, -0.25) is 18.9 Å². The van der Waals surface area contributed by atoms with Crippen LogP contribution in [0.3, 0.4) is 0 Å². The lowest BCUT2D eigenvalue weighted by molar-refractivity contribution is 0.602. The van der Waals surface area contributed by atoms with Crippen molar-refractivity contribution in [2.24, 2.45) is 12.1 Å². The van der Waals surface area contributed by atoms with Crippen molar-refractivity contribution in [1.82, 2.24) is 19.1 Å². The highest BCUT2D eigenvalue weighted by Gasteiger charge is 2.18. The Morgan fingerprint density at radius 2 is 1.93 bits per heavy atom.